The van der Waals surface area contributed by atoms with Crippen molar-refractivity contribution in [2.45, 2.75) is 32.7 Å². The summed E-state index contributed by atoms with van der Waals surface area (Å²) in [5.74, 6) is 0.0111. The number of carbonyl (C=O) groups excluding carboxylic acids is 1. The fourth-order valence-electron chi connectivity index (χ4n) is 2.81. The van der Waals surface area contributed by atoms with E-state index in [1.165, 1.54) is 5.56 Å². The first-order chi connectivity index (χ1) is 11.1. The second-order valence-corrected chi connectivity index (χ2v) is 6.15. The second-order valence-electron chi connectivity index (χ2n) is 5.75. The van der Waals surface area contributed by atoms with Crippen LogP contribution in [0.25, 0.3) is 0 Å². The smallest absolute Gasteiger partial charge is 0.242 e. The van der Waals surface area contributed by atoms with Crippen molar-refractivity contribution < 1.29 is 4.79 Å². The third kappa shape index (κ3) is 3.15. The van der Waals surface area contributed by atoms with E-state index in [-0.39, 0.29) is 11.9 Å². The standard InChI is InChI=1S/C19H19ClN2O/c1-3-19(23)22-18(15-6-4-5-7-16(15)20)12-17(21-22)14-10-8-13(2)9-11-14/h4-11,18H,3,12H2,1-2H3. The van der Waals surface area contributed by atoms with Crippen molar-refractivity contribution in [3.8, 4) is 0 Å². The molecular formula is C19H19ClN2O. The zero-order valence-electron chi connectivity index (χ0n) is 13.3. The summed E-state index contributed by atoms with van der Waals surface area (Å²) in [7, 11) is 0. The average Bonchev–Trinajstić information content (AvgIpc) is 3.00. The van der Waals surface area contributed by atoms with E-state index in [1.807, 2.05) is 31.2 Å². The van der Waals surface area contributed by atoms with Gasteiger partial charge in [0.2, 0.25) is 5.91 Å². The summed E-state index contributed by atoms with van der Waals surface area (Å²) in [5.41, 5.74) is 4.13. The number of aryl methyl sites for hydroxylation is 1. The van der Waals surface area contributed by atoms with Gasteiger partial charge in [0, 0.05) is 17.9 Å². The second kappa shape index (κ2) is 6.55. The van der Waals surface area contributed by atoms with Crippen molar-refractivity contribution in [1.29, 1.82) is 0 Å². The highest BCUT2D eigenvalue weighted by Gasteiger charge is 2.33. The summed E-state index contributed by atoms with van der Waals surface area (Å²) in [4.78, 5) is 12.3. The highest BCUT2D eigenvalue weighted by atomic mass is 35.5. The maximum Gasteiger partial charge on any atom is 0.242 e. The molecule has 2 aromatic carbocycles. The van der Waals surface area contributed by atoms with Gasteiger partial charge in [0.15, 0.2) is 0 Å². The van der Waals surface area contributed by atoms with Crippen LogP contribution in [0.3, 0.4) is 0 Å². The van der Waals surface area contributed by atoms with Crippen LogP contribution in [0, 0.1) is 6.92 Å². The number of nitrogens with zero attached hydrogens (tertiary/aromatic N) is 2. The summed E-state index contributed by atoms with van der Waals surface area (Å²) in [6, 6.07) is 15.8. The van der Waals surface area contributed by atoms with E-state index in [4.69, 9.17) is 11.6 Å². The number of benzene rings is 2. The van der Waals surface area contributed by atoms with Crippen LogP contribution in [-0.4, -0.2) is 16.6 Å². The van der Waals surface area contributed by atoms with Gasteiger partial charge < -0.3 is 0 Å². The molecule has 1 unspecified atom stereocenters. The molecule has 23 heavy (non-hydrogen) atoms. The zero-order valence-corrected chi connectivity index (χ0v) is 14.0. The fourth-order valence-corrected chi connectivity index (χ4v) is 3.07. The van der Waals surface area contributed by atoms with Crippen molar-refractivity contribution in [2.24, 2.45) is 5.10 Å². The summed E-state index contributed by atoms with van der Waals surface area (Å²) in [6.07, 6.45) is 1.10. The van der Waals surface area contributed by atoms with Crippen LogP contribution in [0.4, 0.5) is 0 Å². The molecule has 0 spiro atoms. The van der Waals surface area contributed by atoms with Crippen LogP contribution in [-0.2, 0) is 4.79 Å². The Morgan fingerprint density at radius 2 is 1.91 bits per heavy atom. The van der Waals surface area contributed by atoms with Gasteiger partial charge in [0.05, 0.1) is 11.8 Å². The summed E-state index contributed by atoms with van der Waals surface area (Å²) < 4.78 is 0. The molecule has 0 radical (unpaired) electrons. The minimum atomic E-state index is -0.132. The SMILES string of the molecule is CCC(=O)N1N=C(c2ccc(C)cc2)CC1c1ccccc1Cl. The van der Waals surface area contributed by atoms with E-state index < -0.39 is 0 Å². The van der Waals surface area contributed by atoms with Gasteiger partial charge >= 0.3 is 0 Å². The lowest BCUT2D eigenvalue weighted by Gasteiger charge is -2.22. The Kier molecular flexibility index (Phi) is 4.49. The minimum Gasteiger partial charge on any atom is -0.273 e. The highest BCUT2D eigenvalue weighted by molar-refractivity contribution is 6.31. The third-order valence-corrected chi connectivity index (χ3v) is 4.46. The van der Waals surface area contributed by atoms with Crippen molar-refractivity contribution in [2.75, 3.05) is 0 Å². The first-order valence-corrected chi connectivity index (χ1v) is 8.19. The lowest BCUT2D eigenvalue weighted by atomic mass is 9.98. The van der Waals surface area contributed by atoms with Gasteiger partial charge in [-0.1, -0.05) is 66.6 Å². The molecule has 1 heterocycles. The average molecular weight is 327 g/mol. The molecule has 1 atom stereocenters. The van der Waals surface area contributed by atoms with Gasteiger partial charge in [0.25, 0.3) is 0 Å². The molecule has 0 saturated heterocycles. The van der Waals surface area contributed by atoms with E-state index in [1.54, 1.807) is 5.01 Å². The van der Waals surface area contributed by atoms with E-state index in [2.05, 4.69) is 36.3 Å². The van der Waals surface area contributed by atoms with Gasteiger partial charge in [-0.05, 0) is 24.1 Å². The van der Waals surface area contributed by atoms with Gasteiger partial charge in [-0.2, -0.15) is 5.10 Å². The predicted octanol–water partition coefficient (Wildman–Crippen LogP) is 4.74. The van der Waals surface area contributed by atoms with Crippen molar-refractivity contribution in [3.05, 3.63) is 70.2 Å². The summed E-state index contributed by atoms with van der Waals surface area (Å²) >= 11 is 6.34. The van der Waals surface area contributed by atoms with Crippen molar-refractivity contribution in [3.63, 3.8) is 0 Å². The van der Waals surface area contributed by atoms with Crippen LogP contribution in [0.5, 0.6) is 0 Å². The maximum atomic E-state index is 12.3. The largest absolute Gasteiger partial charge is 0.273 e. The van der Waals surface area contributed by atoms with Gasteiger partial charge in [-0.15, -0.1) is 0 Å². The summed E-state index contributed by atoms with van der Waals surface area (Å²) in [6.45, 7) is 3.91. The highest BCUT2D eigenvalue weighted by Crippen LogP contribution is 2.36. The molecule has 0 saturated carbocycles. The molecule has 0 aromatic heterocycles. The van der Waals surface area contributed by atoms with Crippen LogP contribution >= 0.6 is 11.6 Å². The number of halogens is 1. The van der Waals surface area contributed by atoms with Crippen LogP contribution in [0.15, 0.2) is 53.6 Å². The maximum absolute atomic E-state index is 12.3. The topological polar surface area (TPSA) is 32.7 Å². The van der Waals surface area contributed by atoms with Crippen LogP contribution < -0.4 is 0 Å². The summed E-state index contributed by atoms with van der Waals surface area (Å²) in [5, 5.41) is 6.87. The first kappa shape index (κ1) is 15.8. The molecule has 2 aromatic rings. The lowest BCUT2D eigenvalue weighted by Crippen LogP contribution is -2.26. The van der Waals surface area contributed by atoms with E-state index in [0.29, 0.717) is 17.9 Å². The molecule has 4 heteroatoms. The number of hydrazone groups is 1. The van der Waals surface area contributed by atoms with Crippen molar-refractivity contribution >= 4 is 23.2 Å². The first-order valence-electron chi connectivity index (χ1n) is 7.81. The predicted molar refractivity (Wildman–Crippen MR) is 93.7 cm³/mol. The third-order valence-electron chi connectivity index (χ3n) is 4.12. The van der Waals surface area contributed by atoms with Gasteiger partial charge in [-0.3, -0.25) is 4.79 Å². The number of hydrogen-bond acceptors (Lipinski definition) is 2. The molecule has 3 nitrogen and oxygen atoms in total. The Balaban J connectivity index is 1.97. The Morgan fingerprint density at radius 3 is 2.57 bits per heavy atom. The molecule has 0 bridgehead atoms. The van der Waals surface area contributed by atoms with Crippen molar-refractivity contribution in [1.82, 2.24) is 5.01 Å². The van der Waals surface area contributed by atoms with Gasteiger partial charge in [-0.25, -0.2) is 5.01 Å². The Morgan fingerprint density at radius 1 is 1.22 bits per heavy atom. The molecule has 0 N–H and O–H groups in total. The molecule has 0 aliphatic carbocycles. The number of rotatable bonds is 3. The molecule has 118 valence electrons. The molecule has 1 amide bonds. The molecule has 1 aliphatic rings. The van der Waals surface area contributed by atoms with E-state index in [9.17, 15) is 4.79 Å². The molecule has 0 fully saturated rings. The van der Waals surface area contributed by atoms with Gasteiger partial charge in [0.1, 0.15) is 0 Å². The zero-order chi connectivity index (χ0) is 16.4. The molecule has 3 rings (SSSR count). The minimum absolute atomic E-state index is 0.0111. The molecule has 1 aliphatic heterocycles. The monoisotopic (exact) mass is 326 g/mol. The normalized spacial score (nSPS) is 17.3. The Hall–Kier alpha value is -2.13. The van der Waals surface area contributed by atoms with Crippen LogP contribution in [0.1, 0.15) is 42.5 Å². The fraction of sp³-hybridized carbons (Fsp3) is 0.263. The quantitative estimate of drug-likeness (QED) is 0.802. The lowest BCUT2D eigenvalue weighted by molar-refractivity contribution is -0.132. The Bertz CT molecular complexity index is 752. The Labute approximate surface area is 141 Å². The number of carbonyl (C=O) groups is 1. The van der Waals surface area contributed by atoms with Crippen LogP contribution in [0.2, 0.25) is 5.02 Å². The molecular weight excluding hydrogens is 308 g/mol. The number of hydrogen-bond donors (Lipinski definition) is 0. The van der Waals surface area contributed by atoms with E-state index >= 15 is 0 Å². The van der Waals surface area contributed by atoms with E-state index in [0.717, 1.165) is 16.8 Å². The number of amides is 1.